The highest BCUT2D eigenvalue weighted by atomic mass is 32.2. The van der Waals surface area contributed by atoms with Gasteiger partial charge in [0.1, 0.15) is 0 Å². The molecule has 2 aromatic rings. The molecule has 0 radical (unpaired) electrons. The summed E-state index contributed by atoms with van der Waals surface area (Å²) in [4.78, 5) is 15.5. The zero-order valence-electron chi connectivity index (χ0n) is 13.4. The molecule has 1 atom stereocenters. The lowest BCUT2D eigenvalue weighted by molar-refractivity contribution is 0.0677. The van der Waals surface area contributed by atoms with Gasteiger partial charge in [-0.3, -0.25) is 4.79 Å². The van der Waals surface area contributed by atoms with Crippen molar-refractivity contribution in [1.82, 2.24) is 4.90 Å². The average Bonchev–Trinajstić information content (AvgIpc) is 3.06. The summed E-state index contributed by atoms with van der Waals surface area (Å²) in [6.07, 6.45) is 0.547. The molecule has 1 aliphatic rings. The Balaban J connectivity index is 1.90. The first-order valence-electron chi connectivity index (χ1n) is 7.86. The van der Waals surface area contributed by atoms with Crippen LogP contribution in [0, 0.1) is 5.92 Å². The molecule has 0 bridgehead atoms. The van der Waals surface area contributed by atoms with Crippen molar-refractivity contribution in [3.8, 4) is 0 Å². The average molecular weight is 351 g/mol. The molecular weight excluding hydrogens is 330 g/mol. The van der Waals surface area contributed by atoms with E-state index in [0.717, 1.165) is 10.1 Å². The smallest absolute Gasteiger partial charge is 0.264 e. The van der Waals surface area contributed by atoms with Gasteiger partial charge in [-0.15, -0.1) is 11.3 Å². The molecule has 6 heteroatoms. The van der Waals surface area contributed by atoms with E-state index in [1.54, 1.807) is 4.90 Å². The minimum atomic E-state index is -3.01. The molecular formula is C17H21NO3S2. The van der Waals surface area contributed by atoms with Crippen molar-refractivity contribution in [1.29, 1.82) is 0 Å². The molecule has 1 amide bonds. The number of nitrogens with zero attached hydrogens (tertiary/aromatic N) is 1. The number of fused-ring (bicyclic) bond motifs is 1. The molecule has 0 N–H and O–H groups in total. The quantitative estimate of drug-likeness (QED) is 0.850. The Labute approximate surface area is 141 Å². The lowest BCUT2D eigenvalue weighted by Crippen LogP contribution is -2.43. The normalized spacial score (nSPS) is 20.2. The van der Waals surface area contributed by atoms with Crippen LogP contribution in [-0.2, 0) is 9.84 Å². The van der Waals surface area contributed by atoms with Crippen molar-refractivity contribution < 1.29 is 13.2 Å². The Hall–Kier alpha value is -1.40. The highest BCUT2D eigenvalue weighted by molar-refractivity contribution is 7.91. The van der Waals surface area contributed by atoms with Crippen LogP contribution in [0.15, 0.2) is 30.3 Å². The molecule has 0 saturated carbocycles. The summed E-state index contributed by atoms with van der Waals surface area (Å²) >= 11 is 1.48. The third kappa shape index (κ3) is 3.58. The third-order valence-electron chi connectivity index (χ3n) is 4.11. The molecule has 0 spiro atoms. The molecule has 1 aromatic carbocycles. The van der Waals surface area contributed by atoms with Gasteiger partial charge in [0.25, 0.3) is 5.91 Å². The number of benzene rings is 1. The van der Waals surface area contributed by atoms with Gasteiger partial charge in [-0.1, -0.05) is 32.0 Å². The molecule has 23 heavy (non-hydrogen) atoms. The maximum Gasteiger partial charge on any atom is 0.264 e. The van der Waals surface area contributed by atoms with Crippen LogP contribution < -0.4 is 0 Å². The second-order valence-electron chi connectivity index (χ2n) is 6.56. The summed E-state index contributed by atoms with van der Waals surface area (Å²) in [6, 6.07) is 9.64. The molecule has 1 aliphatic heterocycles. The molecule has 1 aromatic heterocycles. The lowest BCUT2D eigenvalue weighted by atomic mass is 10.1. The Morgan fingerprint density at radius 1 is 1.35 bits per heavy atom. The van der Waals surface area contributed by atoms with Gasteiger partial charge in [0.15, 0.2) is 9.84 Å². The summed E-state index contributed by atoms with van der Waals surface area (Å²) < 4.78 is 24.7. The molecule has 124 valence electrons. The summed E-state index contributed by atoms with van der Waals surface area (Å²) in [7, 11) is -3.01. The maximum atomic E-state index is 13.0. The van der Waals surface area contributed by atoms with Gasteiger partial charge in [0.05, 0.1) is 16.4 Å². The summed E-state index contributed by atoms with van der Waals surface area (Å²) in [5.74, 6) is 0.543. The van der Waals surface area contributed by atoms with Crippen molar-refractivity contribution in [2.24, 2.45) is 5.92 Å². The van der Waals surface area contributed by atoms with Crippen LogP contribution >= 0.6 is 11.3 Å². The topological polar surface area (TPSA) is 54.5 Å². The van der Waals surface area contributed by atoms with Gasteiger partial charge < -0.3 is 4.90 Å². The Morgan fingerprint density at radius 2 is 2.09 bits per heavy atom. The lowest BCUT2D eigenvalue weighted by Gasteiger charge is -2.29. The number of hydrogen-bond donors (Lipinski definition) is 0. The Bertz CT molecular complexity index is 790. The maximum absolute atomic E-state index is 13.0. The molecule has 1 fully saturated rings. The first kappa shape index (κ1) is 16.5. The fraction of sp³-hybridized carbons (Fsp3) is 0.471. The third-order valence-corrected chi connectivity index (χ3v) is 6.96. The van der Waals surface area contributed by atoms with E-state index < -0.39 is 9.84 Å². The van der Waals surface area contributed by atoms with E-state index in [1.807, 2.05) is 30.3 Å². The second-order valence-corrected chi connectivity index (χ2v) is 9.87. The zero-order chi connectivity index (χ0) is 16.6. The molecule has 0 unspecified atom stereocenters. The largest absolute Gasteiger partial charge is 0.334 e. The highest BCUT2D eigenvalue weighted by Gasteiger charge is 2.35. The first-order chi connectivity index (χ1) is 10.9. The summed E-state index contributed by atoms with van der Waals surface area (Å²) in [5, 5.41) is 1.06. The van der Waals surface area contributed by atoms with Crippen LogP contribution in [0.1, 0.15) is 29.9 Å². The van der Waals surface area contributed by atoms with Gasteiger partial charge in [-0.2, -0.15) is 0 Å². The summed E-state index contributed by atoms with van der Waals surface area (Å²) in [5.41, 5.74) is 0. The molecule has 2 heterocycles. The number of amides is 1. The van der Waals surface area contributed by atoms with Gasteiger partial charge >= 0.3 is 0 Å². The predicted octanol–water partition coefficient (Wildman–Crippen LogP) is 3.19. The van der Waals surface area contributed by atoms with Crippen molar-refractivity contribution in [2.75, 3.05) is 18.1 Å². The zero-order valence-corrected chi connectivity index (χ0v) is 15.0. The SMILES string of the molecule is CC(C)CN(C(=O)c1cc2ccccc2s1)[C@H]1CCS(=O)(=O)C1. The van der Waals surface area contributed by atoms with Gasteiger partial charge in [0.2, 0.25) is 0 Å². The van der Waals surface area contributed by atoms with Crippen molar-refractivity contribution >= 4 is 37.2 Å². The van der Waals surface area contributed by atoms with E-state index in [0.29, 0.717) is 23.8 Å². The van der Waals surface area contributed by atoms with Crippen LogP contribution in [0.5, 0.6) is 0 Å². The van der Waals surface area contributed by atoms with Gasteiger partial charge in [0, 0.05) is 17.3 Å². The number of carbonyl (C=O) groups excluding carboxylic acids is 1. The number of sulfone groups is 1. The first-order valence-corrected chi connectivity index (χ1v) is 10.5. The molecule has 0 aliphatic carbocycles. The van der Waals surface area contributed by atoms with E-state index in [-0.39, 0.29) is 23.5 Å². The minimum absolute atomic E-state index is 0.0398. The number of rotatable bonds is 4. The van der Waals surface area contributed by atoms with Gasteiger partial charge in [-0.25, -0.2) is 8.42 Å². The van der Waals surface area contributed by atoms with E-state index in [1.165, 1.54) is 11.3 Å². The van der Waals surface area contributed by atoms with E-state index in [2.05, 4.69) is 13.8 Å². The Morgan fingerprint density at radius 3 is 2.70 bits per heavy atom. The fourth-order valence-electron chi connectivity index (χ4n) is 3.04. The van der Waals surface area contributed by atoms with E-state index in [9.17, 15) is 13.2 Å². The number of thiophene rings is 1. The molecule has 1 saturated heterocycles. The van der Waals surface area contributed by atoms with E-state index in [4.69, 9.17) is 0 Å². The van der Waals surface area contributed by atoms with Crippen LogP contribution in [0.2, 0.25) is 0 Å². The standard InChI is InChI=1S/C17H21NO3S2/c1-12(2)10-18(14-7-8-23(20,21)11-14)17(19)16-9-13-5-3-4-6-15(13)22-16/h3-6,9,12,14H,7-8,10-11H2,1-2H3/t14-/m0/s1. The van der Waals surface area contributed by atoms with Crippen LogP contribution in [0.4, 0.5) is 0 Å². The fourth-order valence-corrected chi connectivity index (χ4v) is 5.79. The molecule has 4 nitrogen and oxygen atoms in total. The molecule has 3 rings (SSSR count). The van der Waals surface area contributed by atoms with Crippen molar-refractivity contribution in [3.05, 3.63) is 35.2 Å². The Kier molecular flexibility index (Phi) is 4.47. The van der Waals surface area contributed by atoms with Crippen molar-refractivity contribution in [2.45, 2.75) is 26.3 Å². The monoisotopic (exact) mass is 351 g/mol. The van der Waals surface area contributed by atoms with Crippen molar-refractivity contribution in [3.63, 3.8) is 0 Å². The van der Waals surface area contributed by atoms with Crippen LogP contribution in [0.3, 0.4) is 0 Å². The van der Waals surface area contributed by atoms with E-state index >= 15 is 0 Å². The second kappa shape index (κ2) is 6.24. The van der Waals surface area contributed by atoms with Gasteiger partial charge in [-0.05, 0) is 29.9 Å². The predicted molar refractivity (Wildman–Crippen MR) is 94.8 cm³/mol. The number of hydrogen-bond acceptors (Lipinski definition) is 4. The summed E-state index contributed by atoms with van der Waals surface area (Å²) in [6.45, 7) is 4.69. The number of carbonyl (C=O) groups is 1. The van der Waals surface area contributed by atoms with Crippen LogP contribution in [-0.4, -0.2) is 43.3 Å². The highest BCUT2D eigenvalue weighted by Crippen LogP contribution is 2.28. The van der Waals surface area contributed by atoms with Crippen LogP contribution in [0.25, 0.3) is 10.1 Å². The minimum Gasteiger partial charge on any atom is -0.334 e.